The smallest absolute Gasteiger partial charge is 0.180 e. The fraction of sp³-hybridized carbons (Fsp3) is 0.533. The van der Waals surface area contributed by atoms with Crippen molar-refractivity contribution >= 4 is 5.78 Å². The number of phenolic OH excluding ortho intramolecular Hbond substituents is 1. The van der Waals surface area contributed by atoms with Gasteiger partial charge >= 0.3 is 0 Å². The minimum Gasteiger partial charge on any atom is -0.507 e. The summed E-state index contributed by atoms with van der Waals surface area (Å²) in [6.45, 7) is 7.32. The number of ether oxygens (including phenoxy) is 1. The highest BCUT2D eigenvalue weighted by molar-refractivity contribution is 6.00. The van der Waals surface area contributed by atoms with E-state index in [1.807, 2.05) is 25.7 Å². The first kappa shape index (κ1) is 14.9. The van der Waals surface area contributed by atoms with Gasteiger partial charge in [-0.3, -0.25) is 9.69 Å². The highest BCUT2D eigenvalue weighted by Crippen LogP contribution is 2.23. The Labute approximate surface area is 118 Å². The van der Waals surface area contributed by atoms with E-state index in [9.17, 15) is 14.3 Å². The summed E-state index contributed by atoms with van der Waals surface area (Å²) in [5.41, 5.74) is -0.288. The Kier molecular flexibility index (Phi) is 4.11. The number of aromatic hydroxyl groups is 1. The van der Waals surface area contributed by atoms with Gasteiger partial charge in [0.25, 0.3) is 0 Å². The maximum Gasteiger partial charge on any atom is 0.180 e. The molecule has 0 aliphatic carbocycles. The fourth-order valence-corrected chi connectivity index (χ4v) is 2.73. The molecule has 1 aromatic rings. The van der Waals surface area contributed by atoms with Crippen molar-refractivity contribution in [2.45, 2.75) is 32.5 Å². The van der Waals surface area contributed by atoms with E-state index in [-0.39, 0.29) is 35.3 Å². The molecule has 4 nitrogen and oxygen atoms in total. The zero-order chi connectivity index (χ0) is 14.9. The van der Waals surface area contributed by atoms with Crippen LogP contribution in [0.15, 0.2) is 18.2 Å². The van der Waals surface area contributed by atoms with Gasteiger partial charge in [0.2, 0.25) is 0 Å². The predicted molar refractivity (Wildman–Crippen MR) is 73.5 cm³/mol. The van der Waals surface area contributed by atoms with E-state index >= 15 is 0 Å². The quantitative estimate of drug-likeness (QED) is 0.863. The monoisotopic (exact) mass is 281 g/mol. The van der Waals surface area contributed by atoms with Crippen LogP contribution in [0, 0.1) is 5.82 Å². The molecule has 1 saturated heterocycles. The molecule has 2 rings (SSSR count). The number of halogens is 1. The number of rotatable bonds is 3. The first-order valence-electron chi connectivity index (χ1n) is 6.69. The van der Waals surface area contributed by atoms with Crippen LogP contribution in [0.4, 0.5) is 4.39 Å². The summed E-state index contributed by atoms with van der Waals surface area (Å²) < 4.78 is 18.9. The minimum absolute atomic E-state index is 0.0296. The van der Waals surface area contributed by atoms with Crippen molar-refractivity contribution in [1.29, 1.82) is 0 Å². The molecule has 1 heterocycles. The standard InChI is InChI=1S/C15H20FNO3/c1-10-7-17(9-15(2,3)20-10)8-14(19)12-6-11(16)4-5-13(12)18/h4-6,10,18H,7-9H2,1-3H3. The van der Waals surface area contributed by atoms with Crippen LogP contribution in [0.3, 0.4) is 0 Å². The Hall–Kier alpha value is -1.46. The van der Waals surface area contributed by atoms with Gasteiger partial charge in [0.05, 0.1) is 23.8 Å². The van der Waals surface area contributed by atoms with Crippen LogP contribution in [0.25, 0.3) is 0 Å². The van der Waals surface area contributed by atoms with Gasteiger partial charge in [0.15, 0.2) is 5.78 Å². The third kappa shape index (κ3) is 3.55. The van der Waals surface area contributed by atoms with Crippen LogP contribution < -0.4 is 0 Å². The first-order valence-corrected chi connectivity index (χ1v) is 6.69. The van der Waals surface area contributed by atoms with Crippen LogP contribution in [0.2, 0.25) is 0 Å². The number of benzene rings is 1. The normalized spacial score (nSPS) is 22.7. The second-order valence-corrected chi connectivity index (χ2v) is 5.94. The third-order valence-electron chi connectivity index (χ3n) is 3.27. The Balaban J connectivity index is 2.09. The largest absolute Gasteiger partial charge is 0.507 e. The van der Waals surface area contributed by atoms with Gasteiger partial charge in [0, 0.05) is 13.1 Å². The van der Waals surface area contributed by atoms with Crippen molar-refractivity contribution in [3.8, 4) is 5.75 Å². The summed E-state index contributed by atoms with van der Waals surface area (Å²) in [5, 5.41) is 9.66. The number of hydrogen-bond acceptors (Lipinski definition) is 4. The third-order valence-corrected chi connectivity index (χ3v) is 3.27. The van der Waals surface area contributed by atoms with E-state index in [0.717, 1.165) is 12.1 Å². The van der Waals surface area contributed by atoms with Crippen LogP contribution in [0.1, 0.15) is 31.1 Å². The molecule has 1 N–H and O–H groups in total. The maximum atomic E-state index is 13.2. The molecule has 20 heavy (non-hydrogen) atoms. The molecule has 0 bridgehead atoms. The van der Waals surface area contributed by atoms with Gasteiger partial charge in [0.1, 0.15) is 11.6 Å². The lowest BCUT2D eigenvalue weighted by atomic mass is 10.0. The van der Waals surface area contributed by atoms with E-state index in [1.165, 1.54) is 6.07 Å². The Bertz CT molecular complexity index is 516. The average molecular weight is 281 g/mol. The molecule has 0 amide bonds. The van der Waals surface area contributed by atoms with Gasteiger partial charge in [-0.25, -0.2) is 4.39 Å². The van der Waals surface area contributed by atoms with Crippen molar-refractivity contribution in [2.24, 2.45) is 0 Å². The highest BCUT2D eigenvalue weighted by atomic mass is 19.1. The fourth-order valence-electron chi connectivity index (χ4n) is 2.73. The van der Waals surface area contributed by atoms with Gasteiger partial charge < -0.3 is 9.84 Å². The van der Waals surface area contributed by atoms with Gasteiger partial charge in [-0.2, -0.15) is 0 Å². The molecule has 5 heteroatoms. The van der Waals surface area contributed by atoms with Crippen LogP contribution in [-0.2, 0) is 4.74 Å². The van der Waals surface area contributed by atoms with Crippen LogP contribution in [-0.4, -0.2) is 47.1 Å². The van der Waals surface area contributed by atoms with Crippen molar-refractivity contribution in [1.82, 2.24) is 4.90 Å². The zero-order valence-electron chi connectivity index (χ0n) is 12.0. The molecule has 1 unspecified atom stereocenters. The summed E-state index contributed by atoms with van der Waals surface area (Å²) >= 11 is 0. The number of carbonyl (C=O) groups excluding carboxylic acids is 1. The number of nitrogens with zero attached hydrogens (tertiary/aromatic N) is 1. The lowest BCUT2D eigenvalue weighted by Crippen LogP contribution is -2.53. The van der Waals surface area contributed by atoms with Crippen LogP contribution >= 0.6 is 0 Å². The Morgan fingerprint density at radius 3 is 2.90 bits per heavy atom. The van der Waals surface area contributed by atoms with Crippen LogP contribution in [0.5, 0.6) is 5.75 Å². The zero-order valence-corrected chi connectivity index (χ0v) is 12.0. The molecule has 0 aromatic heterocycles. The van der Waals surface area contributed by atoms with E-state index in [0.29, 0.717) is 13.1 Å². The number of ketones is 1. The molecule has 1 fully saturated rings. The summed E-state index contributed by atoms with van der Waals surface area (Å²) in [4.78, 5) is 14.2. The van der Waals surface area contributed by atoms with E-state index in [2.05, 4.69) is 0 Å². The van der Waals surface area contributed by atoms with Gasteiger partial charge in [-0.1, -0.05) is 0 Å². The number of morpholine rings is 1. The lowest BCUT2D eigenvalue weighted by Gasteiger charge is -2.41. The summed E-state index contributed by atoms with van der Waals surface area (Å²) in [6, 6.07) is 3.41. The van der Waals surface area contributed by atoms with E-state index < -0.39 is 5.82 Å². The minimum atomic E-state index is -0.526. The first-order chi connectivity index (χ1) is 9.27. The van der Waals surface area contributed by atoms with E-state index in [4.69, 9.17) is 4.74 Å². The van der Waals surface area contributed by atoms with Gasteiger partial charge in [-0.05, 0) is 39.0 Å². The number of hydrogen-bond donors (Lipinski definition) is 1. The Morgan fingerprint density at radius 2 is 2.25 bits per heavy atom. The SMILES string of the molecule is CC1CN(CC(=O)c2cc(F)ccc2O)CC(C)(C)O1. The average Bonchev–Trinajstić information content (AvgIpc) is 2.29. The second kappa shape index (κ2) is 5.50. The second-order valence-electron chi connectivity index (χ2n) is 5.94. The lowest BCUT2D eigenvalue weighted by molar-refractivity contribution is -0.126. The predicted octanol–water partition coefficient (Wildman–Crippen LogP) is 2.21. The number of carbonyl (C=O) groups is 1. The maximum absolute atomic E-state index is 13.2. The summed E-state index contributed by atoms with van der Waals surface area (Å²) in [7, 11) is 0. The highest BCUT2D eigenvalue weighted by Gasteiger charge is 2.32. The van der Waals surface area contributed by atoms with Crippen molar-refractivity contribution in [2.75, 3.05) is 19.6 Å². The van der Waals surface area contributed by atoms with Crippen molar-refractivity contribution < 1.29 is 19.0 Å². The molecule has 0 spiro atoms. The van der Waals surface area contributed by atoms with Gasteiger partial charge in [-0.15, -0.1) is 0 Å². The molecule has 1 aliphatic heterocycles. The molecule has 1 aromatic carbocycles. The summed E-state index contributed by atoms with van der Waals surface area (Å²) in [5.74, 6) is -0.995. The molecule has 1 atom stereocenters. The summed E-state index contributed by atoms with van der Waals surface area (Å²) in [6.07, 6.45) is 0.0349. The number of Topliss-reactive ketones (excluding diaryl/α,β-unsaturated/α-hetero) is 1. The van der Waals surface area contributed by atoms with E-state index in [1.54, 1.807) is 0 Å². The molecular formula is C15H20FNO3. The topological polar surface area (TPSA) is 49.8 Å². The molecule has 110 valence electrons. The molecular weight excluding hydrogens is 261 g/mol. The molecule has 0 radical (unpaired) electrons. The Morgan fingerprint density at radius 1 is 1.55 bits per heavy atom. The van der Waals surface area contributed by atoms with Crippen molar-refractivity contribution in [3.05, 3.63) is 29.6 Å². The molecule has 1 aliphatic rings. The van der Waals surface area contributed by atoms with Crippen molar-refractivity contribution in [3.63, 3.8) is 0 Å². The molecule has 0 saturated carbocycles. The number of phenols is 1.